The third-order valence-corrected chi connectivity index (χ3v) is 7.26. The normalized spacial score (nSPS) is 14.4. The highest BCUT2D eigenvalue weighted by Crippen LogP contribution is 2.22. The first-order chi connectivity index (χ1) is 14.8. The smallest absolute Gasteiger partial charge is 0.243 e. The second-order valence-corrected chi connectivity index (χ2v) is 9.60. The number of hydrogen-bond donors (Lipinski definition) is 1. The minimum atomic E-state index is -3.44. The van der Waals surface area contributed by atoms with Crippen LogP contribution in [0.5, 0.6) is 5.75 Å². The lowest BCUT2D eigenvalue weighted by molar-refractivity contribution is -0.121. The summed E-state index contributed by atoms with van der Waals surface area (Å²) in [6, 6.07) is 11.9. The molecule has 1 aliphatic rings. The van der Waals surface area contributed by atoms with Crippen molar-refractivity contribution in [3.05, 3.63) is 59.2 Å². The summed E-state index contributed by atoms with van der Waals surface area (Å²) < 4.78 is 31.9. The molecule has 0 unspecified atom stereocenters. The van der Waals surface area contributed by atoms with Crippen LogP contribution in [-0.4, -0.2) is 44.6 Å². The predicted molar refractivity (Wildman–Crippen MR) is 118 cm³/mol. The van der Waals surface area contributed by atoms with E-state index in [-0.39, 0.29) is 36.0 Å². The van der Waals surface area contributed by atoms with Crippen LogP contribution in [0.15, 0.2) is 47.4 Å². The Morgan fingerprint density at radius 3 is 2.35 bits per heavy atom. The van der Waals surface area contributed by atoms with E-state index >= 15 is 0 Å². The highest BCUT2D eigenvalue weighted by atomic mass is 32.2. The van der Waals surface area contributed by atoms with Crippen molar-refractivity contribution in [2.45, 2.75) is 44.0 Å². The summed E-state index contributed by atoms with van der Waals surface area (Å²) in [6.07, 6.45) is 1.93. The average Bonchev–Trinajstić information content (AvgIpc) is 3.32. The summed E-state index contributed by atoms with van der Waals surface area (Å²) >= 11 is 0. The molecule has 0 bridgehead atoms. The van der Waals surface area contributed by atoms with Crippen LogP contribution in [0, 0.1) is 6.92 Å². The SMILES string of the molecule is COc1ccc(C)cc1C(=O)CCC(=O)NCc1ccc(S(=O)(=O)N2CCCC2)cc1. The molecule has 0 radical (unpaired) electrons. The first-order valence-corrected chi connectivity index (χ1v) is 11.8. The molecule has 0 spiro atoms. The molecule has 166 valence electrons. The number of carbonyl (C=O) groups is 2. The van der Waals surface area contributed by atoms with Crippen molar-refractivity contribution < 1.29 is 22.7 Å². The molecule has 0 saturated carbocycles. The number of rotatable bonds is 9. The van der Waals surface area contributed by atoms with Gasteiger partial charge in [-0.1, -0.05) is 23.8 Å². The van der Waals surface area contributed by atoms with Crippen LogP contribution in [0.1, 0.15) is 47.2 Å². The quantitative estimate of drug-likeness (QED) is 0.600. The van der Waals surface area contributed by atoms with Gasteiger partial charge in [-0.3, -0.25) is 9.59 Å². The van der Waals surface area contributed by atoms with E-state index in [1.165, 1.54) is 11.4 Å². The largest absolute Gasteiger partial charge is 0.496 e. The van der Waals surface area contributed by atoms with Gasteiger partial charge in [-0.25, -0.2) is 8.42 Å². The van der Waals surface area contributed by atoms with E-state index in [9.17, 15) is 18.0 Å². The predicted octanol–water partition coefficient (Wildman–Crippen LogP) is 3.07. The van der Waals surface area contributed by atoms with Crippen molar-refractivity contribution in [3.63, 3.8) is 0 Å². The van der Waals surface area contributed by atoms with E-state index in [0.29, 0.717) is 24.4 Å². The van der Waals surface area contributed by atoms with Crippen molar-refractivity contribution in [3.8, 4) is 5.75 Å². The Kier molecular flexibility index (Phi) is 7.46. The number of hydrogen-bond acceptors (Lipinski definition) is 5. The third kappa shape index (κ3) is 5.71. The number of nitrogens with zero attached hydrogens (tertiary/aromatic N) is 1. The number of Topliss-reactive ketones (excluding diaryl/α,β-unsaturated/α-hetero) is 1. The van der Waals surface area contributed by atoms with Crippen molar-refractivity contribution in [1.82, 2.24) is 9.62 Å². The molecule has 31 heavy (non-hydrogen) atoms. The van der Waals surface area contributed by atoms with Crippen LogP contribution >= 0.6 is 0 Å². The molecular weight excluding hydrogens is 416 g/mol. The molecule has 2 aromatic rings. The summed E-state index contributed by atoms with van der Waals surface area (Å²) in [5, 5.41) is 2.78. The Balaban J connectivity index is 1.51. The van der Waals surface area contributed by atoms with Gasteiger partial charge in [-0.15, -0.1) is 0 Å². The maximum absolute atomic E-state index is 12.6. The van der Waals surface area contributed by atoms with Crippen LogP contribution in [0.3, 0.4) is 0 Å². The monoisotopic (exact) mass is 444 g/mol. The van der Waals surface area contributed by atoms with Gasteiger partial charge in [-0.2, -0.15) is 4.31 Å². The van der Waals surface area contributed by atoms with Gasteiger partial charge >= 0.3 is 0 Å². The minimum Gasteiger partial charge on any atom is -0.496 e. The minimum absolute atomic E-state index is 0.0668. The second kappa shape index (κ2) is 10.1. The van der Waals surface area contributed by atoms with Crippen LogP contribution in [0.25, 0.3) is 0 Å². The second-order valence-electron chi connectivity index (χ2n) is 7.66. The molecule has 0 aliphatic carbocycles. The van der Waals surface area contributed by atoms with Crippen LogP contribution < -0.4 is 10.1 Å². The number of benzene rings is 2. The fraction of sp³-hybridized carbons (Fsp3) is 0.391. The number of ketones is 1. The summed E-state index contributed by atoms with van der Waals surface area (Å²) in [6.45, 7) is 3.29. The summed E-state index contributed by atoms with van der Waals surface area (Å²) in [5.74, 6) is 0.112. The van der Waals surface area contributed by atoms with Crippen LogP contribution in [-0.2, 0) is 21.4 Å². The Hall–Kier alpha value is -2.71. The summed E-state index contributed by atoms with van der Waals surface area (Å²) in [4.78, 5) is 24.9. The molecule has 3 rings (SSSR count). The molecule has 0 atom stereocenters. The summed E-state index contributed by atoms with van der Waals surface area (Å²) in [7, 11) is -1.93. The lowest BCUT2D eigenvalue weighted by Gasteiger charge is -2.15. The topological polar surface area (TPSA) is 92.8 Å². The van der Waals surface area contributed by atoms with Crippen molar-refractivity contribution in [1.29, 1.82) is 0 Å². The Bertz CT molecular complexity index is 1040. The molecule has 7 nitrogen and oxygen atoms in total. The molecule has 8 heteroatoms. The average molecular weight is 445 g/mol. The molecule has 1 heterocycles. The van der Waals surface area contributed by atoms with Gasteiger partial charge in [0.15, 0.2) is 5.78 Å². The number of sulfonamides is 1. The van der Waals surface area contributed by atoms with E-state index in [0.717, 1.165) is 24.0 Å². The number of carbonyl (C=O) groups excluding carboxylic acids is 2. The lowest BCUT2D eigenvalue weighted by atomic mass is 10.0. The van der Waals surface area contributed by atoms with Gasteiger partial charge in [0, 0.05) is 32.5 Å². The van der Waals surface area contributed by atoms with Crippen molar-refractivity contribution in [2.75, 3.05) is 20.2 Å². The van der Waals surface area contributed by atoms with Crippen molar-refractivity contribution in [2.24, 2.45) is 0 Å². The zero-order chi connectivity index (χ0) is 22.4. The highest BCUT2D eigenvalue weighted by molar-refractivity contribution is 7.89. The Labute approximate surface area is 183 Å². The highest BCUT2D eigenvalue weighted by Gasteiger charge is 2.26. The van der Waals surface area contributed by atoms with E-state index in [1.807, 2.05) is 13.0 Å². The molecule has 1 amide bonds. The maximum atomic E-state index is 12.6. The molecule has 1 N–H and O–H groups in total. The molecule has 2 aromatic carbocycles. The van der Waals surface area contributed by atoms with Gasteiger partial charge in [-0.05, 0) is 49.6 Å². The number of methoxy groups -OCH3 is 1. The Morgan fingerprint density at radius 2 is 1.71 bits per heavy atom. The number of ether oxygens (including phenoxy) is 1. The lowest BCUT2D eigenvalue weighted by Crippen LogP contribution is -2.28. The van der Waals surface area contributed by atoms with E-state index in [2.05, 4.69) is 5.32 Å². The molecule has 1 aliphatic heterocycles. The molecule has 1 fully saturated rings. The molecule has 0 aromatic heterocycles. The first-order valence-electron chi connectivity index (χ1n) is 10.3. The van der Waals surface area contributed by atoms with Crippen LogP contribution in [0.2, 0.25) is 0 Å². The van der Waals surface area contributed by atoms with Crippen molar-refractivity contribution >= 4 is 21.7 Å². The van der Waals surface area contributed by atoms with Gasteiger partial charge in [0.2, 0.25) is 15.9 Å². The first kappa shape index (κ1) is 23.0. The number of amides is 1. The Morgan fingerprint density at radius 1 is 1.03 bits per heavy atom. The molecule has 1 saturated heterocycles. The number of nitrogens with one attached hydrogen (secondary N) is 1. The maximum Gasteiger partial charge on any atom is 0.243 e. The van der Waals surface area contributed by atoms with Gasteiger partial charge in [0.25, 0.3) is 0 Å². The third-order valence-electron chi connectivity index (χ3n) is 5.35. The van der Waals surface area contributed by atoms with E-state index in [1.54, 1.807) is 36.4 Å². The fourth-order valence-electron chi connectivity index (χ4n) is 3.55. The number of aryl methyl sites for hydroxylation is 1. The standard InChI is InChI=1S/C23H28N2O5S/c1-17-5-11-22(30-2)20(15-17)21(26)10-12-23(27)24-16-18-6-8-19(9-7-18)31(28,29)25-13-3-4-14-25/h5-9,11,15H,3-4,10,12-14,16H2,1-2H3,(H,24,27). The van der Waals surface area contributed by atoms with Crippen LogP contribution in [0.4, 0.5) is 0 Å². The van der Waals surface area contributed by atoms with E-state index < -0.39 is 10.0 Å². The summed E-state index contributed by atoms with van der Waals surface area (Å²) in [5.41, 5.74) is 2.22. The molecular formula is C23H28N2O5S. The van der Waals surface area contributed by atoms with Gasteiger partial charge in [0.05, 0.1) is 17.6 Å². The van der Waals surface area contributed by atoms with Gasteiger partial charge in [0.1, 0.15) is 5.75 Å². The zero-order valence-electron chi connectivity index (χ0n) is 17.9. The van der Waals surface area contributed by atoms with Gasteiger partial charge < -0.3 is 10.1 Å². The zero-order valence-corrected chi connectivity index (χ0v) is 18.7. The van der Waals surface area contributed by atoms with E-state index in [4.69, 9.17) is 4.74 Å². The fourth-order valence-corrected chi connectivity index (χ4v) is 5.06.